The molecule has 0 N–H and O–H groups in total. The average Bonchev–Trinajstić information content (AvgIpc) is 2.72. The van der Waals surface area contributed by atoms with Crippen LogP contribution in [-0.4, -0.2) is 21.4 Å². The first-order valence-electron chi connectivity index (χ1n) is 9.19. The predicted octanol–water partition coefficient (Wildman–Crippen LogP) is 5.54. The van der Waals surface area contributed by atoms with E-state index in [1.807, 2.05) is 24.2 Å². The van der Waals surface area contributed by atoms with Crippen molar-refractivity contribution in [2.45, 2.75) is 36.6 Å². The first-order chi connectivity index (χ1) is 13.2. The van der Waals surface area contributed by atoms with Gasteiger partial charge in [-0.15, -0.1) is 11.8 Å². The summed E-state index contributed by atoms with van der Waals surface area (Å²) in [5.74, 6) is 1.00. The summed E-state index contributed by atoms with van der Waals surface area (Å²) in [7, 11) is 0. The van der Waals surface area contributed by atoms with Gasteiger partial charge in [-0.1, -0.05) is 36.4 Å². The highest BCUT2D eigenvalue weighted by Gasteiger charge is 2.22. The number of benzene rings is 2. The van der Waals surface area contributed by atoms with Crippen molar-refractivity contribution in [2.24, 2.45) is 0 Å². The van der Waals surface area contributed by atoms with Crippen LogP contribution in [0.2, 0.25) is 5.28 Å². The lowest BCUT2D eigenvalue weighted by Crippen LogP contribution is -2.33. The average molecular weight is 396 g/mol. The summed E-state index contributed by atoms with van der Waals surface area (Å²) in [5, 5.41) is 0.301. The molecule has 5 heteroatoms. The second kappa shape index (κ2) is 8.42. The highest BCUT2D eigenvalue weighted by molar-refractivity contribution is 7.98. The number of hydrogen-bond donors (Lipinski definition) is 0. The van der Waals surface area contributed by atoms with Crippen LogP contribution >= 0.6 is 23.4 Å². The SMILES string of the molecule is CC(c1cnc(Cl)nc1)N1CCc2ccc(SCc3ccccc3)cc2C1. The fraction of sp³-hybridized carbons (Fsp3) is 0.273. The third-order valence-electron chi connectivity index (χ3n) is 5.14. The van der Waals surface area contributed by atoms with Crippen molar-refractivity contribution >= 4 is 23.4 Å². The summed E-state index contributed by atoms with van der Waals surface area (Å²) in [6.07, 6.45) is 4.75. The van der Waals surface area contributed by atoms with Crippen LogP contribution in [0.25, 0.3) is 0 Å². The van der Waals surface area contributed by atoms with Gasteiger partial charge in [-0.2, -0.15) is 0 Å². The van der Waals surface area contributed by atoms with Crippen LogP contribution in [0.5, 0.6) is 0 Å². The number of rotatable bonds is 5. The molecular weight excluding hydrogens is 374 g/mol. The molecule has 1 aromatic heterocycles. The molecule has 0 bridgehead atoms. The van der Waals surface area contributed by atoms with E-state index in [2.05, 4.69) is 70.3 Å². The van der Waals surface area contributed by atoms with Gasteiger partial charge in [0.15, 0.2) is 0 Å². The van der Waals surface area contributed by atoms with Gasteiger partial charge in [-0.3, -0.25) is 4.90 Å². The van der Waals surface area contributed by atoms with E-state index in [-0.39, 0.29) is 6.04 Å². The first-order valence-corrected chi connectivity index (χ1v) is 10.6. The molecule has 1 atom stereocenters. The summed E-state index contributed by atoms with van der Waals surface area (Å²) in [5.41, 5.74) is 5.37. The monoisotopic (exact) mass is 395 g/mol. The van der Waals surface area contributed by atoms with E-state index in [4.69, 9.17) is 11.6 Å². The quantitative estimate of drug-likeness (QED) is 0.419. The van der Waals surface area contributed by atoms with Gasteiger partial charge < -0.3 is 0 Å². The Labute approximate surface area is 169 Å². The summed E-state index contributed by atoms with van der Waals surface area (Å²) >= 11 is 7.72. The normalized spacial score (nSPS) is 15.3. The molecule has 4 rings (SSSR count). The molecule has 0 saturated heterocycles. The van der Waals surface area contributed by atoms with Crippen molar-refractivity contribution in [1.29, 1.82) is 0 Å². The Morgan fingerprint density at radius 2 is 1.85 bits per heavy atom. The number of hydrogen-bond acceptors (Lipinski definition) is 4. The minimum absolute atomic E-state index is 0.274. The molecule has 3 nitrogen and oxygen atoms in total. The molecule has 0 saturated carbocycles. The third kappa shape index (κ3) is 4.52. The standard InChI is InChI=1S/C22H22ClN3S/c1-16(20-12-24-22(23)25-13-20)26-10-9-18-7-8-21(11-19(18)14-26)27-15-17-5-3-2-4-6-17/h2-8,11-13,16H,9-10,14-15H2,1H3. The van der Waals surface area contributed by atoms with Gasteiger partial charge in [-0.25, -0.2) is 9.97 Å². The molecule has 2 aromatic carbocycles. The predicted molar refractivity (Wildman–Crippen MR) is 112 cm³/mol. The van der Waals surface area contributed by atoms with Crippen molar-refractivity contribution < 1.29 is 0 Å². The summed E-state index contributed by atoms with van der Waals surface area (Å²) in [4.78, 5) is 12.1. The molecule has 0 fully saturated rings. The van der Waals surface area contributed by atoms with Crippen molar-refractivity contribution in [2.75, 3.05) is 6.54 Å². The number of halogens is 1. The van der Waals surface area contributed by atoms with E-state index < -0.39 is 0 Å². The smallest absolute Gasteiger partial charge is 0.222 e. The summed E-state index contributed by atoms with van der Waals surface area (Å²) in [6, 6.07) is 17.8. The van der Waals surface area contributed by atoms with Crippen LogP contribution in [0.4, 0.5) is 0 Å². The second-order valence-corrected chi connectivity index (χ2v) is 8.27. The largest absolute Gasteiger partial charge is 0.292 e. The maximum absolute atomic E-state index is 5.82. The zero-order chi connectivity index (χ0) is 18.6. The molecule has 0 spiro atoms. The number of nitrogens with zero attached hydrogens (tertiary/aromatic N) is 3. The zero-order valence-electron chi connectivity index (χ0n) is 15.3. The van der Waals surface area contributed by atoms with Crippen molar-refractivity contribution in [3.8, 4) is 0 Å². The zero-order valence-corrected chi connectivity index (χ0v) is 16.9. The maximum Gasteiger partial charge on any atom is 0.222 e. The second-order valence-electron chi connectivity index (χ2n) is 6.89. The molecule has 0 amide bonds. The lowest BCUT2D eigenvalue weighted by Gasteiger charge is -2.34. The van der Waals surface area contributed by atoms with Crippen LogP contribution in [0.15, 0.2) is 65.8 Å². The topological polar surface area (TPSA) is 29.0 Å². The lowest BCUT2D eigenvalue weighted by molar-refractivity contribution is 0.191. The van der Waals surface area contributed by atoms with E-state index >= 15 is 0 Å². The number of thioether (sulfide) groups is 1. The van der Waals surface area contributed by atoms with Crippen LogP contribution < -0.4 is 0 Å². The molecular formula is C22H22ClN3S. The Kier molecular flexibility index (Phi) is 5.77. The molecule has 1 aliphatic heterocycles. The number of aromatic nitrogens is 2. The fourth-order valence-corrected chi connectivity index (χ4v) is 4.48. The van der Waals surface area contributed by atoms with E-state index in [0.29, 0.717) is 5.28 Å². The Bertz CT molecular complexity index is 899. The van der Waals surface area contributed by atoms with E-state index in [9.17, 15) is 0 Å². The first kappa shape index (κ1) is 18.5. The maximum atomic E-state index is 5.82. The molecule has 0 radical (unpaired) electrons. The number of fused-ring (bicyclic) bond motifs is 1. The Morgan fingerprint density at radius 1 is 1.07 bits per heavy atom. The van der Waals surface area contributed by atoms with E-state index in [1.165, 1.54) is 21.6 Å². The van der Waals surface area contributed by atoms with Gasteiger partial charge in [-0.05, 0) is 53.8 Å². The minimum atomic E-state index is 0.274. The highest BCUT2D eigenvalue weighted by atomic mass is 35.5. The van der Waals surface area contributed by atoms with Crippen LogP contribution in [0.3, 0.4) is 0 Å². The summed E-state index contributed by atoms with van der Waals surface area (Å²) in [6.45, 7) is 4.22. The molecule has 3 aromatic rings. The molecule has 0 aliphatic carbocycles. The van der Waals surface area contributed by atoms with Crippen molar-refractivity contribution in [1.82, 2.24) is 14.9 Å². The molecule has 2 heterocycles. The van der Waals surface area contributed by atoms with Crippen LogP contribution in [-0.2, 0) is 18.7 Å². The molecule has 1 unspecified atom stereocenters. The van der Waals surface area contributed by atoms with Crippen LogP contribution in [0, 0.1) is 0 Å². The Hall–Kier alpha value is -1.88. The Morgan fingerprint density at radius 3 is 2.63 bits per heavy atom. The fourth-order valence-electron chi connectivity index (χ4n) is 3.47. The van der Waals surface area contributed by atoms with Gasteiger partial charge in [0.2, 0.25) is 5.28 Å². The van der Waals surface area contributed by atoms with Gasteiger partial charge in [0.05, 0.1) is 0 Å². The highest BCUT2D eigenvalue weighted by Crippen LogP contribution is 2.31. The summed E-state index contributed by atoms with van der Waals surface area (Å²) < 4.78 is 0. The molecule has 27 heavy (non-hydrogen) atoms. The van der Waals surface area contributed by atoms with E-state index in [1.54, 1.807) is 0 Å². The van der Waals surface area contributed by atoms with Crippen LogP contribution in [0.1, 0.15) is 35.2 Å². The van der Waals surface area contributed by atoms with Gasteiger partial charge in [0, 0.05) is 47.7 Å². The van der Waals surface area contributed by atoms with E-state index in [0.717, 1.165) is 30.8 Å². The Balaban J connectivity index is 1.45. The molecule has 1 aliphatic rings. The third-order valence-corrected chi connectivity index (χ3v) is 6.40. The molecule has 138 valence electrons. The minimum Gasteiger partial charge on any atom is -0.292 e. The lowest BCUT2D eigenvalue weighted by atomic mass is 9.97. The van der Waals surface area contributed by atoms with Crippen molar-refractivity contribution in [3.05, 3.63) is 88.5 Å². The van der Waals surface area contributed by atoms with Crippen molar-refractivity contribution in [3.63, 3.8) is 0 Å². The van der Waals surface area contributed by atoms with Gasteiger partial charge in [0.1, 0.15) is 0 Å². The van der Waals surface area contributed by atoms with Gasteiger partial charge in [0.25, 0.3) is 0 Å². The van der Waals surface area contributed by atoms with Gasteiger partial charge >= 0.3 is 0 Å².